The summed E-state index contributed by atoms with van der Waals surface area (Å²) in [6, 6.07) is 18.9. The highest BCUT2D eigenvalue weighted by Crippen LogP contribution is 2.15. The number of benzene rings is 2. The van der Waals surface area contributed by atoms with Crippen molar-refractivity contribution in [3.63, 3.8) is 0 Å². The van der Waals surface area contributed by atoms with Crippen LogP contribution in [0, 0.1) is 0 Å². The largest absolute Gasteiger partial charge is 0.494 e. The number of ether oxygens (including phenoxy) is 1. The molecule has 0 aliphatic heterocycles. The molecule has 0 bridgehead atoms. The number of para-hydroxylation sites is 1. The molecule has 0 unspecified atom stereocenters. The fourth-order valence-corrected chi connectivity index (χ4v) is 3.14. The summed E-state index contributed by atoms with van der Waals surface area (Å²) in [5.41, 5.74) is 1.02. The molecule has 0 heterocycles. The Bertz CT molecular complexity index is 734. The number of rotatable bonds is 12. The van der Waals surface area contributed by atoms with Crippen LogP contribution in [-0.4, -0.2) is 35.9 Å². The van der Waals surface area contributed by atoms with E-state index in [0.717, 1.165) is 17.7 Å². The van der Waals surface area contributed by atoms with Gasteiger partial charge >= 0.3 is 0 Å². The van der Waals surface area contributed by atoms with Gasteiger partial charge < -0.3 is 15.0 Å². The lowest BCUT2D eigenvalue weighted by molar-refractivity contribution is -0.141. The number of nitrogens with one attached hydrogen (secondary N) is 1. The molecule has 0 aliphatic carbocycles. The number of nitrogens with zero attached hydrogens (tertiary/aromatic N) is 1. The standard InChI is InChI=1S/C24H32N2O3/c1-3-17-25-24(28)22(4-2)26(19-20-12-7-5-8-13-20)23(27)16-11-18-29-21-14-9-6-10-15-21/h5-10,12-15,22H,3-4,11,16-19H2,1-2H3,(H,25,28)/t22-/m0/s1. The smallest absolute Gasteiger partial charge is 0.242 e. The minimum absolute atomic E-state index is 0.0241. The lowest BCUT2D eigenvalue weighted by Crippen LogP contribution is -2.49. The van der Waals surface area contributed by atoms with Gasteiger partial charge in [-0.05, 0) is 37.0 Å². The van der Waals surface area contributed by atoms with Crippen LogP contribution in [0.5, 0.6) is 5.75 Å². The second-order valence-electron chi connectivity index (χ2n) is 6.99. The molecule has 5 heteroatoms. The van der Waals surface area contributed by atoms with Crippen LogP contribution >= 0.6 is 0 Å². The number of amides is 2. The molecule has 0 saturated heterocycles. The Labute approximate surface area is 174 Å². The molecule has 156 valence electrons. The highest BCUT2D eigenvalue weighted by Gasteiger charge is 2.28. The predicted molar refractivity (Wildman–Crippen MR) is 116 cm³/mol. The van der Waals surface area contributed by atoms with Gasteiger partial charge in [-0.25, -0.2) is 0 Å². The molecule has 2 rings (SSSR count). The molecule has 2 amide bonds. The third-order valence-corrected chi connectivity index (χ3v) is 4.68. The minimum atomic E-state index is -0.468. The molecule has 2 aromatic rings. The van der Waals surface area contributed by atoms with Crippen LogP contribution in [0.4, 0.5) is 0 Å². The molecular weight excluding hydrogens is 364 g/mol. The van der Waals surface area contributed by atoms with E-state index in [-0.39, 0.29) is 11.8 Å². The Morgan fingerprint density at radius 2 is 1.66 bits per heavy atom. The molecule has 0 aliphatic rings. The maximum absolute atomic E-state index is 13.0. The summed E-state index contributed by atoms with van der Waals surface area (Å²) >= 11 is 0. The number of hydrogen-bond acceptors (Lipinski definition) is 3. The lowest BCUT2D eigenvalue weighted by Gasteiger charge is -2.30. The quantitative estimate of drug-likeness (QED) is 0.548. The van der Waals surface area contributed by atoms with E-state index >= 15 is 0 Å². The van der Waals surface area contributed by atoms with Gasteiger partial charge in [-0.1, -0.05) is 62.4 Å². The van der Waals surface area contributed by atoms with Gasteiger partial charge in [-0.3, -0.25) is 9.59 Å². The third-order valence-electron chi connectivity index (χ3n) is 4.68. The minimum Gasteiger partial charge on any atom is -0.494 e. The van der Waals surface area contributed by atoms with Gasteiger partial charge in [0.05, 0.1) is 6.61 Å². The molecule has 2 aromatic carbocycles. The van der Waals surface area contributed by atoms with Crippen LogP contribution in [0.1, 0.15) is 45.1 Å². The average molecular weight is 397 g/mol. The molecular formula is C24H32N2O3. The fourth-order valence-electron chi connectivity index (χ4n) is 3.14. The van der Waals surface area contributed by atoms with Gasteiger partial charge in [0.2, 0.25) is 11.8 Å². The zero-order valence-corrected chi connectivity index (χ0v) is 17.5. The molecule has 0 fully saturated rings. The van der Waals surface area contributed by atoms with Crippen molar-refractivity contribution in [3.05, 3.63) is 66.2 Å². The summed E-state index contributed by atoms with van der Waals surface area (Å²) in [5.74, 6) is 0.689. The number of carbonyl (C=O) groups is 2. The summed E-state index contributed by atoms with van der Waals surface area (Å²) in [6.45, 7) is 5.47. The summed E-state index contributed by atoms with van der Waals surface area (Å²) < 4.78 is 5.69. The zero-order chi connectivity index (χ0) is 20.9. The first-order valence-electron chi connectivity index (χ1n) is 10.4. The Hall–Kier alpha value is -2.82. The van der Waals surface area contributed by atoms with E-state index < -0.39 is 6.04 Å². The summed E-state index contributed by atoms with van der Waals surface area (Å²) in [4.78, 5) is 27.4. The molecule has 1 N–H and O–H groups in total. The van der Waals surface area contributed by atoms with Crippen LogP contribution in [0.3, 0.4) is 0 Å². The van der Waals surface area contributed by atoms with Gasteiger partial charge in [0.25, 0.3) is 0 Å². The first-order chi connectivity index (χ1) is 14.2. The van der Waals surface area contributed by atoms with E-state index in [1.165, 1.54) is 0 Å². The Morgan fingerprint density at radius 3 is 2.28 bits per heavy atom. The lowest BCUT2D eigenvalue weighted by atomic mass is 10.1. The van der Waals surface area contributed by atoms with E-state index in [2.05, 4.69) is 5.32 Å². The van der Waals surface area contributed by atoms with Crippen molar-refractivity contribution >= 4 is 11.8 Å². The van der Waals surface area contributed by atoms with Crippen LogP contribution < -0.4 is 10.1 Å². The molecule has 1 atom stereocenters. The monoisotopic (exact) mass is 396 g/mol. The van der Waals surface area contributed by atoms with E-state index in [4.69, 9.17) is 4.74 Å². The maximum Gasteiger partial charge on any atom is 0.242 e. The second-order valence-corrected chi connectivity index (χ2v) is 6.99. The average Bonchev–Trinajstić information content (AvgIpc) is 2.76. The Balaban J connectivity index is 2.00. The normalized spacial score (nSPS) is 11.5. The molecule has 0 aromatic heterocycles. The first-order valence-corrected chi connectivity index (χ1v) is 10.4. The van der Waals surface area contributed by atoms with Crippen molar-refractivity contribution in [1.29, 1.82) is 0 Å². The molecule has 5 nitrogen and oxygen atoms in total. The Kier molecular flexibility index (Phi) is 9.76. The predicted octanol–water partition coefficient (Wildman–Crippen LogP) is 4.18. The van der Waals surface area contributed by atoms with E-state index in [1.807, 2.05) is 74.5 Å². The van der Waals surface area contributed by atoms with Crippen molar-refractivity contribution < 1.29 is 14.3 Å². The summed E-state index contributed by atoms with van der Waals surface area (Å²) in [5, 5.41) is 2.94. The summed E-state index contributed by atoms with van der Waals surface area (Å²) in [6.07, 6.45) is 2.39. The number of hydrogen-bond donors (Lipinski definition) is 1. The van der Waals surface area contributed by atoms with E-state index in [9.17, 15) is 9.59 Å². The summed E-state index contributed by atoms with van der Waals surface area (Å²) in [7, 11) is 0. The van der Waals surface area contributed by atoms with Gasteiger partial charge in [0.1, 0.15) is 11.8 Å². The van der Waals surface area contributed by atoms with E-state index in [0.29, 0.717) is 39.0 Å². The van der Waals surface area contributed by atoms with Crippen LogP contribution in [0.25, 0.3) is 0 Å². The van der Waals surface area contributed by atoms with Crippen molar-refractivity contribution in [2.24, 2.45) is 0 Å². The molecule has 0 spiro atoms. The molecule has 29 heavy (non-hydrogen) atoms. The zero-order valence-electron chi connectivity index (χ0n) is 17.5. The van der Waals surface area contributed by atoms with Gasteiger partial charge in [-0.15, -0.1) is 0 Å². The molecule has 0 saturated carbocycles. The SMILES string of the molecule is CCCNC(=O)[C@H](CC)N(Cc1ccccc1)C(=O)CCCOc1ccccc1. The second kappa shape index (κ2) is 12.6. The van der Waals surface area contributed by atoms with Crippen molar-refractivity contribution in [2.75, 3.05) is 13.2 Å². The van der Waals surface area contributed by atoms with Gasteiger partial charge in [-0.2, -0.15) is 0 Å². The number of carbonyl (C=O) groups excluding carboxylic acids is 2. The van der Waals surface area contributed by atoms with Gasteiger partial charge in [0, 0.05) is 19.5 Å². The topological polar surface area (TPSA) is 58.6 Å². The van der Waals surface area contributed by atoms with Crippen molar-refractivity contribution in [2.45, 2.75) is 52.1 Å². The fraction of sp³-hybridized carbons (Fsp3) is 0.417. The van der Waals surface area contributed by atoms with Crippen molar-refractivity contribution in [3.8, 4) is 5.75 Å². The van der Waals surface area contributed by atoms with Crippen molar-refractivity contribution in [1.82, 2.24) is 10.2 Å². The van der Waals surface area contributed by atoms with E-state index in [1.54, 1.807) is 4.90 Å². The maximum atomic E-state index is 13.0. The van der Waals surface area contributed by atoms with Crippen LogP contribution in [-0.2, 0) is 16.1 Å². The Morgan fingerprint density at radius 1 is 1.00 bits per heavy atom. The third kappa shape index (κ3) is 7.60. The van der Waals surface area contributed by atoms with Crippen LogP contribution in [0.15, 0.2) is 60.7 Å². The van der Waals surface area contributed by atoms with Gasteiger partial charge in [0.15, 0.2) is 0 Å². The molecule has 0 radical (unpaired) electrons. The van der Waals surface area contributed by atoms with Crippen LogP contribution in [0.2, 0.25) is 0 Å². The highest BCUT2D eigenvalue weighted by molar-refractivity contribution is 5.87. The first kappa shape index (κ1) is 22.5. The highest BCUT2D eigenvalue weighted by atomic mass is 16.5.